The fourth-order valence-corrected chi connectivity index (χ4v) is 1.90. The molecule has 2 radical (unpaired) electrons. The zero-order valence-corrected chi connectivity index (χ0v) is 11.9. The zero-order valence-electron chi connectivity index (χ0n) is 11.9. The van der Waals surface area contributed by atoms with Gasteiger partial charge in [-0.3, -0.25) is 0 Å². The highest BCUT2D eigenvalue weighted by atomic mass is 14.0. The Hall–Kier alpha value is -0.780. The first-order chi connectivity index (χ1) is 8.91. The first-order valence-electron chi connectivity index (χ1n) is 7.56. The van der Waals surface area contributed by atoms with Gasteiger partial charge in [-0.15, -0.1) is 0 Å². The molecule has 18 heavy (non-hydrogen) atoms. The van der Waals surface area contributed by atoms with E-state index in [4.69, 9.17) is 6.58 Å². The van der Waals surface area contributed by atoms with Gasteiger partial charge in [0.2, 0.25) is 0 Å². The SMILES string of the molecule is [CH]=CC=CCCCCCCCCC=CCCC[CH2]. The van der Waals surface area contributed by atoms with Crippen LogP contribution in [0.2, 0.25) is 0 Å². The maximum Gasteiger partial charge on any atom is -0.0348 e. The lowest BCUT2D eigenvalue weighted by Crippen LogP contribution is -1.79. The predicted octanol–water partition coefficient (Wildman–Crippen LogP) is 6.21. The quantitative estimate of drug-likeness (QED) is 0.206. The Morgan fingerprint density at radius 3 is 1.72 bits per heavy atom. The largest absolute Gasteiger partial charge is 0.0885 e. The molecule has 0 N–H and O–H groups in total. The van der Waals surface area contributed by atoms with E-state index in [0.717, 1.165) is 6.42 Å². The lowest BCUT2D eigenvalue weighted by atomic mass is 10.1. The van der Waals surface area contributed by atoms with Crippen molar-refractivity contribution >= 4 is 0 Å². The molecule has 0 aliphatic heterocycles. The first kappa shape index (κ1) is 17.2. The fraction of sp³-hybridized carbons (Fsp3) is 0.611. The molecule has 0 saturated carbocycles. The van der Waals surface area contributed by atoms with E-state index in [-0.39, 0.29) is 0 Å². The zero-order chi connectivity index (χ0) is 13.3. The van der Waals surface area contributed by atoms with E-state index in [1.807, 2.05) is 6.08 Å². The maximum atomic E-state index is 5.26. The van der Waals surface area contributed by atoms with Gasteiger partial charge in [0.05, 0.1) is 0 Å². The van der Waals surface area contributed by atoms with Crippen LogP contribution < -0.4 is 0 Å². The normalized spacial score (nSPS) is 11.6. The minimum atomic E-state index is 1.06. The molecule has 0 heterocycles. The van der Waals surface area contributed by atoms with Crippen molar-refractivity contribution in [2.45, 2.75) is 70.6 Å². The Balaban J connectivity index is 3.05. The van der Waals surface area contributed by atoms with Crippen LogP contribution in [0, 0.1) is 13.5 Å². The maximum absolute atomic E-state index is 5.26. The molecule has 0 spiro atoms. The molecule has 0 amide bonds. The molecule has 0 rings (SSSR count). The van der Waals surface area contributed by atoms with E-state index in [1.165, 1.54) is 64.2 Å². The van der Waals surface area contributed by atoms with Gasteiger partial charge in [0.15, 0.2) is 0 Å². The summed E-state index contributed by atoms with van der Waals surface area (Å²) >= 11 is 0. The number of rotatable bonds is 13. The third-order valence-electron chi connectivity index (χ3n) is 3.03. The highest BCUT2D eigenvalue weighted by Gasteiger charge is 1.89. The Kier molecular flexibility index (Phi) is 15.5. The minimum absolute atomic E-state index is 1.06. The molecule has 0 nitrogen and oxygen atoms in total. The summed E-state index contributed by atoms with van der Waals surface area (Å²) < 4.78 is 0. The van der Waals surface area contributed by atoms with E-state index >= 15 is 0 Å². The van der Waals surface area contributed by atoms with Crippen LogP contribution in [-0.4, -0.2) is 0 Å². The Labute approximate surface area is 115 Å². The number of unbranched alkanes of at least 4 members (excludes halogenated alkanes) is 9. The average Bonchev–Trinajstić information content (AvgIpc) is 2.39. The second-order valence-corrected chi connectivity index (χ2v) is 4.79. The molecule has 0 atom stereocenters. The monoisotopic (exact) mass is 246 g/mol. The van der Waals surface area contributed by atoms with E-state index in [0.29, 0.717) is 0 Å². The first-order valence-corrected chi connectivity index (χ1v) is 7.56. The summed E-state index contributed by atoms with van der Waals surface area (Å²) in [4.78, 5) is 0. The van der Waals surface area contributed by atoms with Gasteiger partial charge >= 0.3 is 0 Å². The van der Waals surface area contributed by atoms with Crippen LogP contribution in [0.5, 0.6) is 0 Å². The van der Waals surface area contributed by atoms with Crippen molar-refractivity contribution in [2.75, 3.05) is 0 Å². The van der Waals surface area contributed by atoms with Crippen LogP contribution >= 0.6 is 0 Å². The van der Waals surface area contributed by atoms with Gasteiger partial charge < -0.3 is 0 Å². The second-order valence-electron chi connectivity index (χ2n) is 4.79. The van der Waals surface area contributed by atoms with Gasteiger partial charge in [0.1, 0.15) is 0 Å². The summed E-state index contributed by atoms with van der Waals surface area (Å²) in [7, 11) is 0. The lowest BCUT2D eigenvalue weighted by Gasteiger charge is -1.99. The average molecular weight is 246 g/mol. The summed E-state index contributed by atoms with van der Waals surface area (Å²) in [6.07, 6.45) is 24.4. The summed E-state index contributed by atoms with van der Waals surface area (Å²) in [6.45, 7) is 9.09. The molecule has 0 fully saturated rings. The van der Waals surface area contributed by atoms with Crippen LogP contribution in [0.1, 0.15) is 70.6 Å². The second kappa shape index (κ2) is 16.2. The van der Waals surface area contributed by atoms with E-state index in [2.05, 4.69) is 25.2 Å². The van der Waals surface area contributed by atoms with Gasteiger partial charge in [-0.25, -0.2) is 0 Å². The van der Waals surface area contributed by atoms with Crippen molar-refractivity contribution in [1.29, 1.82) is 0 Å². The molecular formula is C18H30. The molecule has 0 aromatic carbocycles. The molecule has 0 aromatic heterocycles. The van der Waals surface area contributed by atoms with Crippen LogP contribution in [0.3, 0.4) is 0 Å². The predicted molar refractivity (Wildman–Crippen MR) is 83.3 cm³/mol. The van der Waals surface area contributed by atoms with Gasteiger partial charge in [-0.05, 0) is 38.5 Å². The van der Waals surface area contributed by atoms with Gasteiger partial charge in [0, 0.05) is 0 Å². The fourth-order valence-electron chi connectivity index (χ4n) is 1.90. The van der Waals surface area contributed by atoms with Gasteiger partial charge in [0.25, 0.3) is 0 Å². The van der Waals surface area contributed by atoms with Crippen molar-refractivity contribution in [1.82, 2.24) is 0 Å². The van der Waals surface area contributed by atoms with Crippen LogP contribution in [0.15, 0.2) is 30.4 Å². The molecule has 0 saturated heterocycles. The Morgan fingerprint density at radius 2 is 1.17 bits per heavy atom. The van der Waals surface area contributed by atoms with Crippen molar-refractivity contribution < 1.29 is 0 Å². The smallest absolute Gasteiger partial charge is 0.0348 e. The Bertz CT molecular complexity index is 210. The number of hydrogen-bond donors (Lipinski definition) is 0. The van der Waals surface area contributed by atoms with E-state index < -0.39 is 0 Å². The van der Waals surface area contributed by atoms with Crippen LogP contribution in [0.25, 0.3) is 0 Å². The van der Waals surface area contributed by atoms with Crippen LogP contribution in [-0.2, 0) is 0 Å². The molecule has 0 aliphatic carbocycles. The third-order valence-corrected chi connectivity index (χ3v) is 3.03. The Morgan fingerprint density at radius 1 is 0.667 bits per heavy atom. The molecule has 0 aromatic rings. The standard InChI is InChI=1S/C18H30/c1-3-5-7-9-11-13-15-17-18-16-14-12-10-8-6-4-2/h1,3,5,7,10,12H,2,4,6,8-9,11,13-18H2. The van der Waals surface area contributed by atoms with Gasteiger partial charge in [-0.1, -0.05) is 76.0 Å². The highest BCUT2D eigenvalue weighted by molar-refractivity contribution is 4.95. The highest BCUT2D eigenvalue weighted by Crippen LogP contribution is 2.09. The van der Waals surface area contributed by atoms with E-state index in [1.54, 1.807) is 6.08 Å². The topological polar surface area (TPSA) is 0 Å². The number of hydrogen-bond acceptors (Lipinski definition) is 0. The molecular weight excluding hydrogens is 216 g/mol. The summed E-state index contributed by atoms with van der Waals surface area (Å²) in [5, 5.41) is 0. The van der Waals surface area contributed by atoms with Crippen LogP contribution in [0.4, 0.5) is 0 Å². The molecule has 0 aliphatic rings. The van der Waals surface area contributed by atoms with Gasteiger partial charge in [-0.2, -0.15) is 0 Å². The van der Waals surface area contributed by atoms with Crippen molar-refractivity contribution in [2.24, 2.45) is 0 Å². The minimum Gasteiger partial charge on any atom is -0.0885 e. The lowest BCUT2D eigenvalue weighted by molar-refractivity contribution is 0.600. The molecule has 0 heteroatoms. The van der Waals surface area contributed by atoms with E-state index in [9.17, 15) is 0 Å². The summed E-state index contributed by atoms with van der Waals surface area (Å²) in [5.41, 5.74) is 0. The molecule has 0 bridgehead atoms. The van der Waals surface area contributed by atoms with Crippen molar-refractivity contribution in [3.8, 4) is 0 Å². The molecule has 102 valence electrons. The van der Waals surface area contributed by atoms with Crippen molar-refractivity contribution in [3.63, 3.8) is 0 Å². The molecule has 0 unspecified atom stereocenters. The summed E-state index contributed by atoms with van der Waals surface area (Å²) in [6, 6.07) is 0. The van der Waals surface area contributed by atoms with Crippen molar-refractivity contribution in [3.05, 3.63) is 43.9 Å². The third kappa shape index (κ3) is 15.2. The number of allylic oxidation sites excluding steroid dienone is 5. The summed E-state index contributed by atoms with van der Waals surface area (Å²) in [5.74, 6) is 0.